The number of nitrogens with zero attached hydrogens (tertiary/aromatic N) is 1. The maximum absolute atomic E-state index is 8.68. The van der Waals surface area contributed by atoms with Gasteiger partial charge in [-0.1, -0.05) is 24.3 Å². The summed E-state index contributed by atoms with van der Waals surface area (Å²) in [4.78, 5) is 0.951. The molecule has 4 heteroatoms. The molecule has 0 fully saturated rings. The van der Waals surface area contributed by atoms with Gasteiger partial charge in [0.1, 0.15) is 0 Å². The van der Waals surface area contributed by atoms with Crippen molar-refractivity contribution in [3.63, 3.8) is 0 Å². The Morgan fingerprint density at radius 3 is 1.79 bits per heavy atom. The molecular formula is C15H15ClN2S. The lowest BCUT2D eigenvalue weighted by atomic mass is 10.0. The fraction of sp³-hybridized carbons (Fsp3) is 0.133. The molecule has 19 heavy (non-hydrogen) atoms. The molecule has 2 aromatic rings. The van der Waals surface area contributed by atoms with Crippen molar-refractivity contribution in [2.45, 2.75) is 4.90 Å². The van der Waals surface area contributed by atoms with Gasteiger partial charge in [0.25, 0.3) is 0 Å². The zero-order chi connectivity index (χ0) is 14.1. The third kappa shape index (κ3) is 5.35. The normalized spacial score (nSPS) is 9.16. The number of hydrogen-bond donors (Lipinski definition) is 2. The highest BCUT2D eigenvalue weighted by Crippen LogP contribution is 2.21. The van der Waals surface area contributed by atoms with Crippen molar-refractivity contribution in [3.8, 4) is 17.2 Å². The summed E-state index contributed by atoms with van der Waals surface area (Å²) in [7, 11) is 0. The molecule has 0 amide bonds. The summed E-state index contributed by atoms with van der Waals surface area (Å²) in [6.07, 6.45) is 0. The fourth-order valence-corrected chi connectivity index (χ4v) is 1.54. The molecule has 0 aliphatic heterocycles. The third-order valence-electron chi connectivity index (χ3n) is 2.32. The smallest absolute Gasteiger partial charge is 0.0991 e. The summed E-state index contributed by atoms with van der Waals surface area (Å²) < 4.78 is 0. The van der Waals surface area contributed by atoms with Gasteiger partial charge in [-0.05, 0) is 35.4 Å². The first-order chi connectivity index (χ1) is 9.21. The summed E-state index contributed by atoms with van der Waals surface area (Å²) >= 11 is 9.29. The molecule has 0 spiro atoms. The number of nitrogens with two attached hydrogens (primary N) is 1. The van der Waals surface area contributed by atoms with Crippen molar-refractivity contribution in [3.05, 3.63) is 54.1 Å². The summed E-state index contributed by atoms with van der Waals surface area (Å²) in [5, 5.41) is 8.68. The van der Waals surface area contributed by atoms with E-state index in [1.165, 1.54) is 0 Å². The van der Waals surface area contributed by atoms with Crippen molar-refractivity contribution in [1.82, 2.24) is 0 Å². The highest BCUT2D eigenvalue weighted by Gasteiger charge is 1.97. The summed E-state index contributed by atoms with van der Waals surface area (Å²) in [6.45, 7) is 0.585. The molecule has 0 saturated heterocycles. The SMILES string of the molecule is N#Cc1ccc(-c2ccc(S)cc2)cc1.NCCCl. The van der Waals surface area contributed by atoms with Gasteiger partial charge in [0, 0.05) is 17.3 Å². The van der Waals surface area contributed by atoms with Crippen LogP contribution in [0.4, 0.5) is 0 Å². The van der Waals surface area contributed by atoms with E-state index in [1.807, 2.05) is 48.5 Å². The van der Waals surface area contributed by atoms with Gasteiger partial charge in [0.15, 0.2) is 0 Å². The van der Waals surface area contributed by atoms with E-state index in [0.29, 0.717) is 18.0 Å². The van der Waals surface area contributed by atoms with Gasteiger partial charge in [0.2, 0.25) is 0 Å². The zero-order valence-electron chi connectivity index (χ0n) is 10.4. The minimum atomic E-state index is 0.569. The van der Waals surface area contributed by atoms with Crippen LogP contribution < -0.4 is 5.73 Å². The van der Waals surface area contributed by atoms with E-state index in [4.69, 9.17) is 22.6 Å². The molecule has 0 radical (unpaired) electrons. The summed E-state index contributed by atoms with van der Waals surface area (Å²) in [6, 6.07) is 17.6. The first-order valence-electron chi connectivity index (χ1n) is 5.77. The van der Waals surface area contributed by atoms with Crippen LogP contribution in [0.5, 0.6) is 0 Å². The Hall–Kier alpha value is -1.47. The van der Waals surface area contributed by atoms with Crippen LogP contribution in [0.1, 0.15) is 5.56 Å². The molecule has 0 heterocycles. The first-order valence-corrected chi connectivity index (χ1v) is 6.75. The minimum Gasteiger partial charge on any atom is -0.329 e. The van der Waals surface area contributed by atoms with Crippen LogP contribution >= 0.6 is 24.2 Å². The minimum absolute atomic E-state index is 0.569. The van der Waals surface area contributed by atoms with Gasteiger partial charge < -0.3 is 5.73 Å². The van der Waals surface area contributed by atoms with Gasteiger partial charge >= 0.3 is 0 Å². The van der Waals surface area contributed by atoms with Crippen molar-refractivity contribution in [1.29, 1.82) is 5.26 Å². The number of hydrogen-bond acceptors (Lipinski definition) is 3. The van der Waals surface area contributed by atoms with Crippen LogP contribution in [0.15, 0.2) is 53.4 Å². The van der Waals surface area contributed by atoms with E-state index >= 15 is 0 Å². The van der Waals surface area contributed by atoms with Gasteiger partial charge in [-0.15, -0.1) is 24.2 Å². The molecule has 0 bridgehead atoms. The highest BCUT2D eigenvalue weighted by atomic mass is 35.5. The topological polar surface area (TPSA) is 49.8 Å². The largest absolute Gasteiger partial charge is 0.329 e. The number of rotatable bonds is 2. The lowest BCUT2D eigenvalue weighted by molar-refractivity contribution is 1.14. The average molecular weight is 291 g/mol. The van der Waals surface area contributed by atoms with Crippen LogP contribution in [-0.4, -0.2) is 12.4 Å². The molecule has 0 unspecified atom stereocenters. The second kappa shape index (κ2) is 8.60. The van der Waals surface area contributed by atoms with Crippen LogP contribution in [0.2, 0.25) is 0 Å². The average Bonchev–Trinajstić information content (AvgIpc) is 2.48. The molecule has 2 N–H and O–H groups in total. The van der Waals surface area contributed by atoms with Gasteiger partial charge in [-0.2, -0.15) is 5.26 Å². The Bertz CT molecular complexity index is 528. The molecule has 0 aromatic heterocycles. The number of benzene rings is 2. The third-order valence-corrected chi connectivity index (χ3v) is 2.84. The fourth-order valence-electron chi connectivity index (χ4n) is 1.39. The first kappa shape index (κ1) is 15.6. The van der Waals surface area contributed by atoms with Crippen LogP contribution in [0.3, 0.4) is 0 Å². The number of halogens is 1. The molecule has 0 atom stereocenters. The van der Waals surface area contributed by atoms with Crippen molar-refractivity contribution >= 4 is 24.2 Å². The molecule has 2 aromatic carbocycles. The Morgan fingerprint density at radius 2 is 1.42 bits per heavy atom. The van der Waals surface area contributed by atoms with Crippen molar-refractivity contribution in [2.75, 3.05) is 12.4 Å². The maximum atomic E-state index is 8.68. The monoisotopic (exact) mass is 290 g/mol. The number of thiol groups is 1. The molecule has 98 valence electrons. The molecule has 0 aliphatic rings. The zero-order valence-corrected chi connectivity index (χ0v) is 12.0. The number of nitriles is 1. The van der Waals surface area contributed by atoms with Crippen molar-refractivity contribution in [2.24, 2.45) is 5.73 Å². The molecule has 0 aliphatic carbocycles. The lowest BCUT2D eigenvalue weighted by Gasteiger charge is -2.01. The molecular weight excluding hydrogens is 276 g/mol. The van der Waals surface area contributed by atoms with E-state index in [9.17, 15) is 0 Å². The second-order valence-electron chi connectivity index (χ2n) is 3.71. The van der Waals surface area contributed by atoms with Gasteiger partial charge in [-0.3, -0.25) is 0 Å². The predicted octanol–water partition coefficient (Wildman–Crippen LogP) is 3.70. The summed E-state index contributed by atoms with van der Waals surface area (Å²) in [5.41, 5.74) is 7.83. The van der Waals surface area contributed by atoms with E-state index in [2.05, 4.69) is 18.7 Å². The Balaban J connectivity index is 0.000000399. The molecule has 2 nitrogen and oxygen atoms in total. The highest BCUT2D eigenvalue weighted by molar-refractivity contribution is 7.80. The predicted molar refractivity (Wildman–Crippen MR) is 83.6 cm³/mol. The maximum Gasteiger partial charge on any atom is 0.0991 e. The van der Waals surface area contributed by atoms with Crippen LogP contribution in [0.25, 0.3) is 11.1 Å². The van der Waals surface area contributed by atoms with E-state index in [-0.39, 0.29) is 0 Å². The standard InChI is InChI=1S/C13H9NS.C2H6ClN/c14-9-10-1-3-11(4-2-10)12-5-7-13(15)8-6-12;3-1-2-4/h1-8,15H;1-2,4H2. The number of alkyl halides is 1. The van der Waals surface area contributed by atoms with Crippen LogP contribution in [-0.2, 0) is 0 Å². The van der Waals surface area contributed by atoms with Crippen molar-refractivity contribution < 1.29 is 0 Å². The van der Waals surface area contributed by atoms with Gasteiger partial charge in [0.05, 0.1) is 11.6 Å². The van der Waals surface area contributed by atoms with E-state index < -0.39 is 0 Å². The van der Waals surface area contributed by atoms with Gasteiger partial charge in [-0.25, -0.2) is 0 Å². The Morgan fingerprint density at radius 1 is 1.00 bits per heavy atom. The van der Waals surface area contributed by atoms with E-state index in [1.54, 1.807) is 0 Å². The van der Waals surface area contributed by atoms with Crippen LogP contribution in [0, 0.1) is 11.3 Å². The Kier molecular flexibility index (Phi) is 7.06. The molecule has 0 saturated carbocycles. The quantitative estimate of drug-likeness (QED) is 0.654. The molecule has 2 rings (SSSR count). The Labute approximate surface area is 124 Å². The lowest BCUT2D eigenvalue weighted by Crippen LogP contribution is -1.97. The van der Waals surface area contributed by atoms with E-state index in [0.717, 1.165) is 16.0 Å². The second-order valence-corrected chi connectivity index (χ2v) is 4.61. The summed E-state index contributed by atoms with van der Waals surface area (Å²) in [5.74, 6) is 0.569.